The zero-order valence-electron chi connectivity index (χ0n) is 7.97. The van der Waals surface area contributed by atoms with Gasteiger partial charge < -0.3 is 20.0 Å². The minimum absolute atomic E-state index is 0.0344. The number of carboxylic acids is 1. The van der Waals surface area contributed by atoms with Crippen LogP contribution in [0.2, 0.25) is 0 Å². The summed E-state index contributed by atoms with van der Waals surface area (Å²) in [5.74, 6) is -1.83. The van der Waals surface area contributed by atoms with Crippen LogP contribution in [0.3, 0.4) is 0 Å². The summed E-state index contributed by atoms with van der Waals surface area (Å²) in [5, 5.41) is 8.70. The highest BCUT2D eigenvalue weighted by atomic mass is 16.5. The van der Waals surface area contributed by atoms with Gasteiger partial charge in [0.15, 0.2) is 17.8 Å². The molecule has 0 amide bonds. The van der Waals surface area contributed by atoms with Crippen molar-refractivity contribution in [3.63, 3.8) is 0 Å². The van der Waals surface area contributed by atoms with E-state index in [0.717, 1.165) is 6.39 Å². The standard InChI is InChI=1S/C8H10N2O5/c1-14-5(11)2-4(9)7-6(8(12)13)10-3-15-7/h3-4H,2,9H2,1H3,(H,12,13)/t4-/m1/s1. The fourth-order valence-corrected chi connectivity index (χ4v) is 1.03. The Morgan fingerprint density at radius 1 is 1.73 bits per heavy atom. The van der Waals surface area contributed by atoms with Crippen LogP contribution in [0.15, 0.2) is 10.8 Å². The minimum Gasteiger partial charge on any atom is -0.476 e. The topological polar surface area (TPSA) is 116 Å². The first-order chi connectivity index (χ1) is 7.06. The van der Waals surface area contributed by atoms with E-state index in [-0.39, 0.29) is 17.9 Å². The van der Waals surface area contributed by atoms with E-state index >= 15 is 0 Å². The molecule has 7 heteroatoms. The largest absolute Gasteiger partial charge is 0.476 e. The lowest BCUT2D eigenvalue weighted by molar-refractivity contribution is -0.141. The molecule has 0 saturated carbocycles. The van der Waals surface area contributed by atoms with Crippen molar-refractivity contribution in [3.05, 3.63) is 17.8 Å². The van der Waals surface area contributed by atoms with Crippen LogP contribution in [-0.2, 0) is 9.53 Å². The summed E-state index contributed by atoms with van der Waals surface area (Å²) >= 11 is 0. The molecular formula is C8H10N2O5. The van der Waals surface area contributed by atoms with Gasteiger partial charge in [-0.2, -0.15) is 0 Å². The molecule has 0 spiro atoms. The molecular weight excluding hydrogens is 204 g/mol. The number of aromatic nitrogens is 1. The Labute approximate surface area is 84.8 Å². The van der Waals surface area contributed by atoms with Crippen molar-refractivity contribution < 1.29 is 23.8 Å². The minimum atomic E-state index is -1.25. The molecule has 0 unspecified atom stereocenters. The van der Waals surface area contributed by atoms with Crippen molar-refractivity contribution in [3.8, 4) is 0 Å². The summed E-state index contributed by atoms with van der Waals surface area (Å²) in [7, 11) is 1.22. The number of nitrogens with zero attached hydrogens (tertiary/aromatic N) is 1. The summed E-state index contributed by atoms with van der Waals surface area (Å²) in [6, 6.07) is -0.869. The highest BCUT2D eigenvalue weighted by Crippen LogP contribution is 2.18. The number of methoxy groups -OCH3 is 1. The molecule has 15 heavy (non-hydrogen) atoms. The Kier molecular flexibility index (Phi) is 3.40. The Morgan fingerprint density at radius 2 is 2.40 bits per heavy atom. The molecule has 1 heterocycles. The molecule has 0 fully saturated rings. The Morgan fingerprint density at radius 3 is 2.93 bits per heavy atom. The smallest absolute Gasteiger partial charge is 0.358 e. The summed E-state index contributed by atoms with van der Waals surface area (Å²) < 4.78 is 9.20. The molecule has 0 aliphatic rings. The average Bonchev–Trinajstić information content (AvgIpc) is 2.65. The normalized spacial score (nSPS) is 12.1. The van der Waals surface area contributed by atoms with Gasteiger partial charge in [-0.3, -0.25) is 4.79 Å². The SMILES string of the molecule is COC(=O)C[C@@H](N)c1ocnc1C(=O)O. The van der Waals surface area contributed by atoms with Gasteiger partial charge in [-0.05, 0) is 0 Å². The highest BCUT2D eigenvalue weighted by molar-refractivity contribution is 5.86. The first kappa shape index (κ1) is 11.2. The number of oxazole rings is 1. The van der Waals surface area contributed by atoms with Gasteiger partial charge in [0.1, 0.15) is 0 Å². The maximum Gasteiger partial charge on any atom is 0.358 e. The van der Waals surface area contributed by atoms with E-state index in [1.165, 1.54) is 7.11 Å². The van der Waals surface area contributed by atoms with Gasteiger partial charge in [0, 0.05) is 0 Å². The number of carboxylic acid groups (broad SMARTS) is 1. The first-order valence-corrected chi connectivity index (χ1v) is 4.05. The molecule has 82 valence electrons. The third-order valence-electron chi connectivity index (χ3n) is 1.75. The molecule has 0 bridgehead atoms. The number of hydrogen-bond acceptors (Lipinski definition) is 6. The van der Waals surface area contributed by atoms with Crippen molar-refractivity contribution in [1.82, 2.24) is 4.98 Å². The van der Waals surface area contributed by atoms with E-state index in [1.807, 2.05) is 0 Å². The fourth-order valence-electron chi connectivity index (χ4n) is 1.03. The Bertz CT molecular complexity index is 373. The van der Waals surface area contributed by atoms with Crippen molar-refractivity contribution in [2.45, 2.75) is 12.5 Å². The number of hydrogen-bond donors (Lipinski definition) is 2. The molecule has 3 N–H and O–H groups in total. The summed E-state index contributed by atoms with van der Waals surface area (Å²) in [5.41, 5.74) is 5.27. The van der Waals surface area contributed by atoms with Gasteiger partial charge in [0.05, 0.1) is 19.6 Å². The van der Waals surface area contributed by atoms with E-state index in [1.54, 1.807) is 0 Å². The Balaban J connectivity index is 2.81. The quantitative estimate of drug-likeness (QED) is 0.674. The molecule has 0 aliphatic heterocycles. The predicted octanol–water partition coefficient (Wildman–Crippen LogP) is -0.0643. The maximum absolute atomic E-state index is 10.9. The molecule has 0 aromatic carbocycles. The van der Waals surface area contributed by atoms with Gasteiger partial charge >= 0.3 is 11.9 Å². The molecule has 0 aliphatic carbocycles. The van der Waals surface area contributed by atoms with Crippen molar-refractivity contribution >= 4 is 11.9 Å². The van der Waals surface area contributed by atoms with Crippen LogP contribution in [0.25, 0.3) is 0 Å². The van der Waals surface area contributed by atoms with E-state index in [4.69, 9.17) is 15.3 Å². The number of carbonyl (C=O) groups excluding carboxylic acids is 1. The fraction of sp³-hybridized carbons (Fsp3) is 0.375. The van der Waals surface area contributed by atoms with Crippen LogP contribution in [0.4, 0.5) is 0 Å². The number of aromatic carboxylic acids is 1. The van der Waals surface area contributed by atoms with Crippen molar-refractivity contribution in [1.29, 1.82) is 0 Å². The molecule has 7 nitrogen and oxygen atoms in total. The molecule has 1 atom stereocenters. The second kappa shape index (κ2) is 4.56. The van der Waals surface area contributed by atoms with Crippen LogP contribution in [0.1, 0.15) is 28.7 Å². The average molecular weight is 214 g/mol. The molecule has 0 radical (unpaired) electrons. The second-order valence-electron chi connectivity index (χ2n) is 2.76. The van der Waals surface area contributed by atoms with Crippen molar-refractivity contribution in [2.24, 2.45) is 5.73 Å². The highest BCUT2D eigenvalue weighted by Gasteiger charge is 2.23. The van der Waals surface area contributed by atoms with Crippen LogP contribution in [0, 0.1) is 0 Å². The monoisotopic (exact) mass is 214 g/mol. The van der Waals surface area contributed by atoms with E-state index in [9.17, 15) is 9.59 Å². The lowest BCUT2D eigenvalue weighted by Gasteiger charge is -2.06. The van der Waals surface area contributed by atoms with Gasteiger partial charge in [-0.1, -0.05) is 0 Å². The van der Waals surface area contributed by atoms with Crippen LogP contribution < -0.4 is 5.73 Å². The number of rotatable bonds is 4. The van der Waals surface area contributed by atoms with Crippen LogP contribution >= 0.6 is 0 Å². The number of esters is 1. The summed E-state index contributed by atoms with van der Waals surface area (Å²) in [6.45, 7) is 0. The van der Waals surface area contributed by atoms with Crippen molar-refractivity contribution in [2.75, 3.05) is 7.11 Å². The predicted molar refractivity (Wildman–Crippen MR) is 47.0 cm³/mol. The van der Waals surface area contributed by atoms with Crippen LogP contribution in [0.5, 0.6) is 0 Å². The zero-order chi connectivity index (χ0) is 11.4. The molecule has 1 aromatic rings. The van der Waals surface area contributed by atoms with E-state index in [2.05, 4.69) is 9.72 Å². The van der Waals surface area contributed by atoms with Gasteiger partial charge in [-0.25, -0.2) is 9.78 Å². The van der Waals surface area contributed by atoms with E-state index < -0.39 is 18.0 Å². The lowest BCUT2D eigenvalue weighted by atomic mass is 10.1. The number of carbonyl (C=O) groups is 2. The lowest BCUT2D eigenvalue weighted by Crippen LogP contribution is -2.18. The third-order valence-corrected chi connectivity index (χ3v) is 1.75. The molecule has 1 aromatic heterocycles. The second-order valence-corrected chi connectivity index (χ2v) is 2.76. The first-order valence-electron chi connectivity index (χ1n) is 4.05. The van der Waals surface area contributed by atoms with Gasteiger partial charge in [-0.15, -0.1) is 0 Å². The van der Waals surface area contributed by atoms with E-state index in [0.29, 0.717) is 0 Å². The maximum atomic E-state index is 10.9. The van der Waals surface area contributed by atoms with Gasteiger partial charge in [0.2, 0.25) is 0 Å². The summed E-state index contributed by atoms with van der Waals surface area (Å²) in [6.07, 6.45) is 0.807. The third kappa shape index (κ3) is 2.53. The zero-order valence-corrected chi connectivity index (χ0v) is 7.97. The summed E-state index contributed by atoms with van der Waals surface area (Å²) in [4.78, 5) is 25.0. The molecule has 0 saturated heterocycles. The molecule has 1 rings (SSSR count). The van der Waals surface area contributed by atoms with Gasteiger partial charge in [0.25, 0.3) is 0 Å². The number of nitrogens with two attached hydrogens (primary N) is 1. The van der Waals surface area contributed by atoms with Crippen LogP contribution in [-0.4, -0.2) is 29.1 Å². The Hall–Kier alpha value is -1.89. The number of ether oxygens (including phenoxy) is 1.